The van der Waals surface area contributed by atoms with E-state index in [2.05, 4.69) is 9.62 Å². The molecular weight excluding hydrogens is 542 g/mol. The molecule has 0 aromatic heterocycles. The van der Waals surface area contributed by atoms with Crippen LogP contribution in [0.25, 0.3) is 0 Å². The van der Waals surface area contributed by atoms with Gasteiger partial charge in [0, 0.05) is 36.8 Å². The Morgan fingerprint density at radius 3 is 2.44 bits per heavy atom. The Labute approximate surface area is 242 Å². The standard InChI is InChI=1S/C31H39N3O6S/c1-22-18-34(23(2)21-35)31(36)17-25-16-26(32-41(4,37)38)12-15-29(25)40-30(22)20-33(3)19-24-10-13-28(14-11-24)39-27-8-6-5-7-9-27/h5-16,22-23,30,32,35H,17-21H2,1-4H3/t22-,23+,30-/m1/s1. The third-order valence-corrected chi connectivity index (χ3v) is 7.67. The zero-order valence-electron chi connectivity index (χ0n) is 24.0. The quantitative estimate of drug-likeness (QED) is 0.371. The first kappa shape index (κ1) is 30.4. The Balaban J connectivity index is 1.52. The summed E-state index contributed by atoms with van der Waals surface area (Å²) in [5.74, 6) is 1.90. The number of nitrogens with one attached hydrogen (secondary N) is 1. The Bertz CT molecular complexity index is 1420. The van der Waals surface area contributed by atoms with Gasteiger partial charge in [0.05, 0.1) is 25.3 Å². The lowest BCUT2D eigenvalue weighted by Crippen LogP contribution is -2.47. The zero-order chi connectivity index (χ0) is 29.6. The maximum absolute atomic E-state index is 13.3. The number of benzene rings is 3. The normalized spacial score (nSPS) is 18.5. The van der Waals surface area contributed by atoms with Crippen LogP contribution in [0.4, 0.5) is 5.69 Å². The predicted molar refractivity (Wildman–Crippen MR) is 160 cm³/mol. The van der Waals surface area contributed by atoms with Crippen LogP contribution < -0.4 is 14.2 Å². The van der Waals surface area contributed by atoms with Gasteiger partial charge in [0.2, 0.25) is 15.9 Å². The molecule has 1 amide bonds. The molecule has 0 spiro atoms. The van der Waals surface area contributed by atoms with Gasteiger partial charge in [0.25, 0.3) is 0 Å². The van der Waals surface area contributed by atoms with Crippen LogP contribution in [0.5, 0.6) is 17.2 Å². The number of hydrogen-bond acceptors (Lipinski definition) is 7. The lowest BCUT2D eigenvalue weighted by molar-refractivity contribution is -0.134. The predicted octanol–water partition coefficient (Wildman–Crippen LogP) is 4.13. The molecule has 1 aliphatic heterocycles. The number of carbonyl (C=O) groups is 1. The molecule has 4 rings (SSSR count). The van der Waals surface area contributed by atoms with E-state index in [4.69, 9.17) is 9.47 Å². The van der Waals surface area contributed by atoms with E-state index in [0.717, 1.165) is 23.3 Å². The van der Waals surface area contributed by atoms with E-state index in [9.17, 15) is 18.3 Å². The number of aliphatic hydroxyl groups excluding tert-OH is 1. The molecule has 10 heteroatoms. The van der Waals surface area contributed by atoms with Crippen molar-refractivity contribution in [3.63, 3.8) is 0 Å². The number of fused-ring (bicyclic) bond motifs is 1. The van der Waals surface area contributed by atoms with E-state index < -0.39 is 10.0 Å². The van der Waals surface area contributed by atoms with Crippen molar-refractivity contribution in [3.05, 3.63) is 83.9 Å². The fourth-order valence-electron chi connectivity index (χ4n) is 4.90. The van der Waals surface area contributed by atoms with Gasteiger partial charge in [-0.25, -0.2) is 8.42 Å². The van der Waals surface area contributed by atoms with Gasteiger partial charge in [-0.05, 0) is 62.0 Å². The van der Waals surface area contributed by atoms with Gasteiger partial charge in [-0.15, -0.1) is 0 Å². The number of para-hydroxylation sites is 1. The van der Waals surface area contributed by atoms with Crippen LogP contribution in [-0.2, 0) is 27.8 Å². The van der Waals surface area contributed by atoms with E-state index in [0.29, 0.717) is 36.6 Å². The second-order valence-electron chi connectivity index (χ2n) is 10.8. The molecule has 1 heterocycles. The van der Waals surface area contributed by atoms with Gasteiger partial charge in [-0.3, -0.25) is 14.4 Å². The summed E-state index contributed by atoms with van der Waals surface area (Å²) in [7, 11) is -1.46. The maximum Gasteiger partial charge on any atom is 0.229 e. The molecule has 220 valence electrons. The fourth-order valence-corrected chi connectivity index (χ4v) is 5.45. The number of likely N-dealkylation sites (N-methyl/N-ethyl adjacent to an activating group) is 1. The number of aliphatic hydroxyl groups is 1. The second kappa shape index (κ2) is 13.4. The van der Waals surface area contributed by atoms with E-state index in [1.165, 1.54) is 0 Å². The lowest BCUT2D eigenvalue weighted by atomic mass is 10.0. The Morgan fingerprint density at radius 2 is 1.78 bits per heavy atom. The van der Waals surface area contributed by atoms with Crippen molar-refractivity contribution in [2.45, 2.75) is 39.0 Å². The van der Waals surface area contributed by atoms with Gasteiger partial charge < -0.3 is 19.5 Å². The average molecular weight is 582 g/mol. The third kappa shape index (κ3) is 8.69. The smallest absolute Gasteiger partial charge is 0.229 e. The van der Waals surface area contributed by atoms with E-state index in [-0.39, 0.29) is 37.0 Å². The van der Waals surface area contributed by atoms with Crippen LogP contribution in [0.1, 0.15) is 25.0 Å². The van der Waals surface area contributed by atoms with E-state index >= 15 is 0 Å². The van der Waals surface area contributed by atoms with Crippen LogP contribution in [0, 0.1) is 5.92 Å². The number of anilines is 1. The molecule has 9 nitrogen and oxygen atoms in total. The summed E-state index contributed by atoms with van der Waals surface area (Å²) in [5, 5.41) is 9.85. The summed E-state index contributed by atoms with van der Waals surface area (Å²) in [6.45, 7) is 5.39. The van der Waals surface area contributed by atoms with Crippen molar-refractivity contribution in [1.29, 1.82) is 0 Å². The fraction of sp³-hybridized carbons (Fsp3) is 0.387. The number of carbonyl (C=O) groups excluding carboxylic acids is 1. The molecular formula is C31H39N3O6S. The van der Waals surface area contributed by atoms with Crippen LogP contribution in [0.2, 0.25) is 0 Å². The van der Waals surface area contributed by atoms with Gasteiger partial charge in [0.15, 0.2) is 0 Å². The second-order valence-corrected chi connectivity index (χ2v) is 12.6. The molecule has 3 atom stereocenters. The van der Waals surface area contributed by atoms with Crippen LogP contribution in [0.15, 0.2) is 72.8 Å². The molecule has 0 saturated carbocycles. The van der Waals surface area contributed by atoms with Crippen molar-refractivity contribution in [2.75, 3.05) is 37.7 Å². The molecule has 0 radical (unpaired) electrons. The highest BCUT2D eigenvalue weighted by Crippen LogP contribution is 2.30. The highest BCUT2D eigenvalue weighted by molar-refractivity contribution is 7.92. The molecule has 0 saturated heterocycles. The third-order valence-electron chi connectivity index (χ3n) is 7.07. The van der Waals surface area contributed by atoms with Crippen molar-refractivity contribution in [3.8, 4) is 17.2 Å². The highest BCUT2D eigenvalue weighted by atomic mass is 32.2. The van der Waals surface area contributed by atoms with Gasteiger partial charge in [-0.2, -0.15) is 0 Å². The van der Waals surface area contributed by atoms with Crippen molar-refractivity contribution in [1.82, 2.24) is 9.80 Å². The molecule has 0 fully saturated rings. The first-order valence-electron chi connectivity index (χ1n) is 13.7. The van der Waals surface area contributed by atoms with Crippen LogP contribution in [0.3, 0.4) is 0 Å². The molecule has 2 N–H and O–H groups in total. The van der Waals surface area contributed by atoms with Crippen molar-refractivity contribution in [2.24, 2.45) is 5.92 Å². The monoisotopic (exact) mass is 581 g/mol. The summed E-state index contributed by atoms with van der Waals surface area (Å²) in [4.78, 5) is 17.2. The summed E-state index contributed by atoms with van der Waals surface area (Å²) in [6.07, 6.45) is 0.844. The highest BCUT2D eigenvalue weighted by Gasteiger charge is 2.31. The van der Waals surface area contributed by atoms with Crippen LogP contribution in [-0.4, -0.2) is 74.4 Å². The average Bonchev–Trinajstić information content (AvgIpc) is 2.96. The minimum absolute atomic E-state index is 0.0334. The summed E-state index contributed by atoms with van der Waals surface area (Å²) in [5.41, 5.74) is 2.07. The molecule has 3 aromatic carbocycles. The first-order chi connectivity index (χ1) is 19.5. The van der Waals surface area contributed by atoms with Crippen molar-refractivity contribution >= 4 is 21.6 Å². The molecule has 41 heavy (non-hydrogen) atoms. The van der Waals surface area contributed by atoms with E-state index in [1.54, 1.807) is 23.1 Å². The zero-order valence-corrected chi connectivity index (χ0v) is 24.8. The lowest BCUT2D eigenvalue weighted by Gasteiger charge is -2.34. The summed E-state index contributed by atoms with van der Waals surface area (Å²) >= 11 is 0. The Morgan fingerprint density at radius 1 is 1.10 bits per heavy atom. The minimum atomic E-state index is -3.49. The molecule has 0 bridgehead atoms. The Hall–Kier alpha value is -3.60. The number of nitrogens with zero attached hydrogens (tertiary/aromatic N) is 2. The van der Waals surface area contributed by atoms with E-state index in [1.807, 2.05) is 75.5 Å². The van der Waals surface area contributed by atoms with Gasteiger partial charge in [0.1, 0.15) is 23.4 Å². The number of amides is 1. The number of ether oxygens (including phenoxy) is 2. The summed E-state index contributed by atoms with van der Waals surface area (Å²) in [6, 6.07) is 22.3. The molecule has 0 unspecified atom stereocenters. The number of rotatable bonds is 10. The largest absolute Gasteiger partial charge is 0.488 e. The van der Waals surface area contributed by atoms with Gasteiger partial charge in [-0.1, -0.05) is 37.3 Å². The van der Waals surface area contributed by atoms with Crippen LogP contribution >= 0.6 is 0 Å². The molecule has 3 aromatic rings. The SMILES string of the molecule is C[C@@H]1CN([C@@H](C)CO)C(=O)Cc2cc(NS(C)(=O)=O)ccc2O[C@@H]1CN(C)Cc1ccc(Oc2ccccc2)cc1. The minimum Gasteiger partial charge on any atom is -0.488 e. The van der Waals surface area contributed by atoms with Crippen molar-refractivity contribution < 1.29 is 27.8 Å². The summed E-state index contributed by atoms with van der Waals surface area (Å²) < 4.78 is 38.5. The Kier molecular flexibility index (Phi) is 9.90. The topological polar surface area (TPSA) is 108 Å². The molecule has 0 aliphatic carbocycles. The maximum atomic E-state index is 13.3. The molecule has 1 aliphatic rings. The first-order valence-corrected chi connectivity index (χ1v) is 15.6. The number of hydrogen-bond donors (Lipinski definition) is 2. The van der Waals surface area contributed by atoms with Gasteiger partial charge >= 0.3 is 0 Å². The number of sulfonamides is 1.